The van der Waals surface area contributed by atoms with Crippen LogP contribution in [0, 0.1) is 10.1 Å². The second-order valence-electron chi connectivity index (χ2n) is 4.15. The molecule has 0 aliphatic rings. The number of ether oxygens (including phenoxy) is 1. The van der Waals surface area contributed by atoms with Crippen LogP contribution in [0.4, 0.5) is 11.4 Å². The van der Waals surface area contributed by atoms with Gasteiger partial charge in [0.1, 0.15) is 0 Å². The first-order valence-electron chi connectivity index (χ1n) is 5.28. The summed E-state index contributed by atoms with van der Waals surface area (Å²) in [7, 11) is 1.34. The standard InChI is InChI=1S/C11H16N2O5/c1-11(6-14,7-15)12-8-3-4-9(13(16)17)10(5-8)18-2/h3-5,12,14-15H,6-7H2,1-2H3. The number of nitro benzene ring substituents is 1. The van der Waals surface area contributed by atoms with Gasteiger partial charge in [-0.1, -0.05) is 0 Å². The number of nitro groups is 1. The van der Waals surface area contributed by atoms with Gasteiger partial charge in [-0.3, -0.25) is 10.1 Å². The fraction of sp³-hybridized carbons (Fsp3) is 0.455. The number of aliphatic hydroxyl groups is 2. The molecule has 0 aliphatic heterocycles. The van der Waals surface area contributed by atoms with Crippen LogP contribution in [-0.4, -0.2) is 41.0 Å². The maximum Gasteiger partial charge on any atom is 0.311 e. The van der Waals surface area contributed by atoms with Crippen molar-refractivity contribution in [3.05, 3.63) is 28.3 Å². The lowest BCUT2D eigenvalue weighted by Crippen LogP contribution is -2.42. The normalized spacial score (nSPS) is 11.1. The van der Waals surface area contributed by atoms with Gasteiger partial charge < -0.3 is 20.3 Å². The van der Waals surface area contributed by atoms with Gasteiger partial charge in [-0.15, -0.1) is 0 Å². The molecule has 0 bridgehead atoms. The Morgan fingerprint density at radius 1 is 1.44 bits per heavy atom. The van der Waals surface area contributed by atoms with Gasteiger partial charge in [-0.05, 0) is 13.0 Å². The molecule has 0 radical (unpaired) electrons. The number of rotatable bonds is 6. The van der Waals surface area contributed by atoms with Crippen molar-refractivity contribution in [3.8, 4) is 5.75 Å². The highest BCUT2D eigenvalue weighted by Gasteiger charge is 2.23. The lowest BCUT2D eigenvalue weighted by molar-refractivity contribution is -0.385. The maximum atomic E-state index is 10.7. The SMILES string of the molecule is COc1cc(NC(C)(CO)CO)ccc1[N+](=O)[O-]. The predicted molar refractivity (Wildman–Crippen MR) is 65.8 cm³/mol. The van der Waals surface area contributed by atoms with Crippen LogP contribution in [0.1, 0.15) is 6.92 Å². The van der Waals surface area contributed by atoms with E-state index in [0.29, 0.717) is 5.69 Å². The van der Waals surface area contributed by atoms with E-state index in [4.69, 9.17) is 14.9 Å². The quantitative estimate of drug-likeness (QED) is 0.512. The molecule has 1 rings (SSSR count). The monoisotopic (exact) mass is 256 g/mol. The summed E-state index contributed by atoms with van der Waals surface area (Å²) in [6, 6.07) is 4.24. The number of anilines is 1. The number of hydrogen-bond acceptors (Lipinski definition) is 6. The van der Waals surface area contributed by atoms with Gasteiger partial charge in [0.15, 0.2) is 5.75 Å². The van der Waals surface area contributed by atoms with Gasteiger partial charge in [0, 0.05) is 17.8 Å². The van der Waals surface area contributed by atoms with Gasteiger partial charge in [0.2, 0.25) is 0 Å². The van der Waals surface area contributed by atoms with E-state index < -0.39 is 10.5 Å². The number of nitrogens with one attached hydrogen (secondary N) is 1. The zero-order chi connectivity index (χ0) is 13.8. The lowest BCUT2D eigenvalue weighted by atomic mass is 10.0. The van der Waals surface area contributed by atoms with E-state index in [1.807, 2.05) is 0 Å². The first-order valence-corrected chi connectivity index (χ1v) is 5.28. The average molecular weight is 256 g/mol. The minimum absolute atomic E-state index is 0.114. The summed E-state index contributed by atoms with van der Waals surface area (Å²) < 4.78 is 4.92. The summed E-state index contributed by atoms with van der Waals surface area (Å²) in [4.78, 5) is 10.2. The molecule has 1 aromatic rings. The van der Waals surface area contributed by atoms with Crippen molar-refractivity contribution in [2.75, 3.05) is 25.6 Å². The highest BCUT2D eigenvalue weighted by atomic mass is 16.6. The second-order valence-corrected chi connectivity index (χ2v) is 4.15. The lowest BCUT2D eigenvalue weighted by Gasteiger charge is -2.27. The third-order valence-corrected chi connectivity index (χ3v) is 2.52. The number of aliphatic hydroxyl groups excluding tert-OH is 2. The van der Waals surface area contributed by atoms with Crippen molar-refractivity contribution < 1.29 is 19.9 Å². The van der Waals surface area contributed by atoms with Crippen LogP contribution in [0.15, 0.2) is 18.2 Å². The summed E-state index contributed by atoms with van der Waals surface area (Å²) in [6.45, 7) is 1.08. The van der Waals surface area contributed by atoms with Gasteiger partial charge in [-0.25, -0.2) is 0 Å². The molecule has 0 heterocycles. The molecule has 18 heavy (non-hydrogen) atoms. The largest absolute Gasteiger partial charge is 0.490 e. The van der Waals surface area contributed by atoms with Crippen LogP contribution >= 0.6 is 0 Å². The highest BCUT2D eigenvalue weighted by Crippen LogP contribution is 2.30. The number of benzene rings is 1. The van der Waals surface area contributed by atoms with Crippen molar-refractivity contribution in [2.45, 2.75) is 12.5 Å². The Labute approximate surface area is 104 Å². The average Bonchev–Trinajstić information content (AvgIpc) is 2.38. The summed E-state index contributed by atoms with van der Waals surface area (Å²) in [5.41, 5.74) is -0.526. The zero-order valence-corrected chi connectivity index (χ0v) is 10.2. The topological polar surface area (TPSA) is 105 Å². The van der Waals surface area contributed by atoms with Crippen LogP contribution < -0.4 is 10.1 Å². The van der Waals surface area contributed by atoms with Gasteiger partial charge in [0.25, 0.3) is 0 Å². The summed E-state index contributed by atoms with van der Waals surface area (Å²) >= 11 is 0. The van der Waals surface area contributed by atoms with Crippen LogP contribution in [0.2, 0.25) is 0 Å². The third-order valence-electron chi connectivity index (χ3n) is 2.52. The minimum atomic E-state index is -0.902. The molecule has 0 spiro atoms. The molecule has 0 saturated heterocycles. The molecule has 0 fully saturated rings. The van der Waals surface area contributed by atoms with Gasteiger partial charge in [-0.2, -0.15) is 0 Å². The fourth-order valence-corrected chi connectivity index (χ4v) is 1.38. The molecule has 0 atom stereocenters. The predicted octanol–water partition coefficient (Wildman–Crippen LogP) is 0.759. The molecule has 0 unspecified atom stereocenters. The van der Waals surface area contributed by atoms with E-state index in [-0.39, 0.29) is 24.7 Å². The van der Waals surface area contributed by atoms with E-state index in [2.05, 4.69) is 5.32 Å². The Morgan fingerprint density at radius 2 is 2.06 bits per heavy atom. The summed E-state index contributed by atoms with van der Waals surface area (Å²) in [5, 5.41) is 31.9. The van der Waals surface area contributed by atoms with E-state index >= 15 is 0 Å². The Morgan fingerprint density at radius 3 is 2.50 bits per heavy atom. The van der Waals surface area contributed by atoms with Crippen LogP contribution in [0.25, 0.3) is 0 Å². The van der Waals surface area contributed by atoms with Crippen molar-refractivity contribution in [2.24, 2.45) is 0 Å². The third kappa shape index (κ3) is 3.08. The first-order chi connectivity index (χ1) is 8.45. The Hall–Kier alpha value is -1.86. The van der Waals surface area contributed by atoms with Crippen molar-refractivity contribution in [1.82, 2.24) is 0 Å². The second kappa shape index (κ2) is 5.65. The summed E-state index contributed by atoms with van der Waals surface area (Å²) in [5.74, 6) is 0.114. The molecule has 100 valence electrons. The van der Waals surface area contributed by atoms with Crippen LogP contribution in [-0.2, 0) is 0 Å². The van der Waals surface area contributed by atoms with Gasteiger partial charge >= 0.3 is 5.69 Å². The van der Waals surface area contributed by atoms with Crippen LogP contribution in [0.3, 0.4) is 0 Å². The fourth-order valence-electron chi connectivity index (χ4n) is 1.38. The van der Waals surface area contributed by atoms with Crippen LogP contribution in [0.5, 0.6) is 5.75 Å². The molecule has 0 saturated carbocycles. The molecule has 1 aromatic carbocycles. The highest BCUT2D eigenvalue weighted by molar-refractivity contribution is 5.58. The molecule has 0 amide bonds. The first kappa shape index (κ1) is 14.2. The number of hydrogen-bond donors (Lipinski definition) is 3. The molecule has 7 heteroatoms. The molecule has 0 aliphatic carbocycles. The Kier molecular flexibility index (Phi) is 4.46. The van der Waals surface area contributed by atoms with Crippen molar-refractivity contribution >= 4 is 11.4 Å². The molecule has 0 aromatic heterocycles. The zero-order valence-electron chi connectivity index (χ0n) is 10.2. The van der Waals surface area contributed by atoms with E-state index in [0.717, 1.165) is 0 Å². The van der Waals surface area contributed by atoms with E-state index in [1.165, 1.54) is 25.3 Å². The molecular weight excluding hydrogens is 240 g/mol. The number of nitrogens with zero attached hydrogens (tertiary/aromatic N) is 1. The molecular formula is C11H16N2O5. The van der Waals surface area contributed by atoms with Crippen molar-refractivity contribution in [1.29, 1.82) is 0 Å². The smallest absolute Gasteiger partial charge is 0.311 e. The van der Waals surface area contributed by atoms with Crippen molar-refractivity contribution in [3.63, 3.8) is 0 Å². The minimum Gasteiger partial charge on any atom is -0.490 e. The Balaban J connectivity index is 3.02. The number of methoxy groups -OCH3 is 1. The summed E-state index contributed by atoms with van der Waals surface area (Å²) in [6.07, 6.45) is 0. The van der Waals surface area contributed by atoms with Gasteiger partial charge in [0.05, 0.1) is 30.8 Å². The maximum absolute atomic E-state index is 10.7. The van der Waals surface area contributed by atoms with E-state index in [1.54, 1.807) is 6.92 Å². The molecule has 3 N–H and O–H groups in total. The molecule has 7 nitrogen and oxygen atoms in total. The van der Waals surface area contributed by atoms with E-state index in [9.17, 15) is 10.1 Å². The Bertz CT molecular complexity index is 431.